The molecule has 1 heterocycles. The smallest absolute Gasteiger partial charge is 0.320 e. The Labute approximate surface area is 118 Å². The second kappa shape index (κ2) is 6.58. The summed E-state index contributed by atoms with van der Waals surface area (Å²) in [5.74, 6) is -1.12. The number of likely N-dealkylation sites (N-methyl/N-ethyl adjacent to an activating group) is 2. The van der Waals surface area contributed by atoms with E-state index in [1.54, 1.807) is 13.8 Å². The molecule has 0 spiro atoms. The molecule has 2 N–H and O–H groups in total. The average molecular weight is 285 g/mol. The van der Waals surface area contributed by atoms with Gasteiger partial charge in [-0.15, -0.1) is 0 Å². The second-order valence-electron chi connectivity index (χ2n) is 5.36. The van der Waals surface area contributed by atoms with E-state index < -0.39 is 11.4 Å². The third kappa shape index (κ3) is 3.61. The first-order chi connectivity index (χ1) is 9.34. The van der Waals surface area contributed by atoms with Crippen molar-refractivity contribution in [2.24, 2.45) is 5.41 Å². The Balaban J connectivity index is 2.74. The molecule has 114 valence electrons. The van der Waals surface area contributed by atoms with E-state index in [0.29, 0.717) is 25.9 Å². The minimum Gasteiger partial charge on any atom is -0.481 e. The Bertz CT molecular complexity index is 399. The topological polar surface area (TPSA) is 90.0 Å². The normalized spacial score (nSPS) is 22.2. The standard InChI is InChI=1S/C13H23N3O4/c1-4-15(8-10(17)14-3)12(20)16-7-5-6-13(2,9-16)11(18)19/h4-9H2,1-3H3,(H,14,17)(H,18,19). The van der Waals surface area contributed by atoms with Crippen LogP contribution in [0, 0.1) is 5.41 Å². The van der Waals surface area contributed by atoms with Crippen molar-refractivity contribution in [2.75, 3.05) is 33.2 Å². The lowest BCUT2D eigenvalue weighted by atomic mass is 9.82. The van der Waals surface area contributed by atoms with Crippen LogP contribution in [0.1, 0.15) is 26.7 Å². The van der Waals surface area contributed by atoms with Gasteiger partial charge in [0.25, 0.3) is 0 Å². The lowest BCUT2D eigenvalue weighted by Gasteiger charge is -2.39. The number of rotatable bonds is 4. The summed E-state index contributed by atoms with van der Waals surface area (Å²) in [6.45, 7) is 4.57. The molecule has 0 aromatic rings. The van der Waals surface area contributed by atoms with E-state index in [2.05, 4.69) is 5.32 Å². The van der Waals surface area contributed by atoms with Gasteiger partial charge in [-0.3, -0.25) is 9.59 Å². The molecule has 0 radical (unpaired) electrons. The lowest BCUT2D eigenvalue weighted by molar-refractivity contribution is -0.150. The molecule has 7 heteroatoms. The van der Waals surface area contributed by atoms with Crippen LogP contribution in [-0.2, 0) is 9.59 Å². The second-order valence-corrected chi connectivity index (χ2v) is 5.36. The lowest BCUT2D eigenvalue weighted by Crippen LogP contribution is -2.53. The first-order valence-electron chi connectivity index (χ1n) is 6.82. The fourth-order valence-corrected chi connectivity index (χ4v) is 2.34. The van der Waals surface area contributed by atoms with Gasteiger partial charge >= 0.3 is 12.0 Å². The van der Waals surface area contributed by atoms with Gasteiger partial charge in [-0.2, -0.15) is 0 Å². The van der Waals surface area contributed by atoms with Gasteiger partial charge < -0.3 is 20.2 Å². The molecule has 7 nitrogen and oxygen atoms in total. The molecular formula is C13H23N3O4. The summed E-state index contributed by atoms with van der Waals surface area (Å²) in [7, 11) is 1.52. The quantitative estimate of drug-likeness (QED) is 0.780. The maximum Gasteiger partial charge on any atom is 0.320 e. The number of amides is 3. The van der Waals surface area contributed by atoms with Crippen LogP contribution in [-0.4, -0.2) is 66.0 Å². The number of urea groups is 1. The highest BCUT2D eigenvalue weighted by Gasteiger charge is 2.40. The van der Waals surface area contributed by atoms with Crippen molar-refractivity contribution in [2.45, 2.75) is 26.7 Å². The molecule has 0 bridgehead atoms. The van der Waals surface area contributed by atoms with Gasteiger partial charge in [-0.25, -0.2) is 4.79 Å². The molecule has 1 unspecified atom stereocenters. The average Bonchev–Trinajstić information content (AvgIpc) is 2.43. The molecule has 3 amide bonds. The van der Waals surface area contributed by atoms with Crippen LogP contribution in [0.2, 0.25) is 0 Å². The molecule has 1 saturated heterocycles. The van der Waals surface area contributed by atoms with Gasteiger partial charge in [0.1, 0.15) is 6.54 Å². The summed E-state index contributed by atoms with van der Waals surface area (Å²) >= 11 is 0. The molecule has 20 heavy (non-hydrogen) atoms. The van der Waals surface area contributed by atoms with E-state index in [0.717, 1.165) is 0 Å². The fraction of sp³-hybridized carbons (Fsp3) is 0.769. The summed E-state index contributed by atoms with van der Waals surface area (Å²) in [5.41, 5.74) is -0.902. The molecule has 1 atom stereocenters. The SMILES string of the molecule is CCN(CC(=O)NC)C(=O)N1CCCC(C)(C(=O)O)C1. The van der Waals surface area contributed by atoms with Crippen LogP contribution >= 0.6 is 0 Å². The number of piperidine rings is 1. The van der Waals surface area contributed by atoms with Crippen molar-refractivity contribution in [1.29, 1.82) is 0 Å². The Hall–Kier alpha value is -1.79. The summed E-state index contributed by atoms with van der Waals surface area (Å²) in [4.78, 5) is 38.0. The van der Waals surface area contributed by atoms with Gasteiger partial charge in [0.2, 0.25) is 5.91 Å². The van der Waals surface area contributed by atoms with Crippen LogP contribution < -0.4 is 5.32 Å². The number of hydrogen-bond acceptors (Lipinski definition) is 3. The largest absolute Gasteiger partial charge is 0.481 e. The number of hydrogen-bond donors (Lipinski definition) is 2. The predicted octanol–water partition coefficient (Wildman–Crippen LogP) is 0.361. The molecule has 0 saturated carbocycles. The number of carboxylic acid groups (broad SMARTS) is 1. The zero-order valence-electron chi connectivity index (χ0n) is 12.3. The maximum absolute atomic E-state index is 12.4. The minimum absolute atomic E-state index is 0.00782. The summed E-state index contributed by atoms with van der Waals surface area (Å²) < 4.78 is 0. The van der Waals surface area contributed by atoms with Crippen LogP contribution in [0.15, 0.2) is 0 Å². The van der Waals surface area contributed by atoms with E-state index in [1.807, 2.05) is 0 Å². The van der Waals surface area contributed by atoms with Crippen molar-refractivity contribution in [3.63, 3.8) is 0 Å². The highest BCUT2D eigenvalue weighted by atomic mass is 16.4. The number of carbonyl (C=O) groups is 3. The predicted molar refractivity (Wildman–Crippen MR) is 73.3 cm³/mol. The van der Waals surface area contributed by atoms with Gasteiger partial charge in [0, 0.05) is 26.7 Å². The molecule has 1 fully saturated rings. The zero-order chi connectivity index (χ0) is 15.3. The third-order valence-electron chi connectivity index (χ3n) is 3.75. The van der Waals surface area contributed by atoms with Gasteiger partial charge in [-0.1, -0.05) is 0 Å². The minimum atomic E-state index is -0.902. The van der Waals surface area contributed by atoms with Crippen LogP contribution in [0.3, 0.4) is 0 Å². The number of carboxylic acids is 1. The molecule has 1 aliphatic heterocycles. The Kier molecular flexibility index (Phi) is 5.35. The molecule has 1 aliphatic rings. The number of nitrogens with zero attached hydrogens (tertiary/aromatic N) is 2. The van der Waals surface area contributed by atoms with Crippen LogP contribution in [0.25, 0.3) is 0 Å². The van der Waals surface area contributed by atoms with Crippen molar-refractivity contribution < 1.29 is 19.5 Å². The zero-order valence-corrected chi connectivity index (χ0v) is 12.3. The fourth-order valence-electron chi connectivity index (χ4n) is 2.34. The number of carbonyl (C=O) groups excluding carboxylic acids is 2. The van der Waals surface area contributed by atoms with Crippen LogP contribution in [0.4, 0.5) is 4.79 Å². The van der Waals surface area contributed by atoms with E-state index in [-0.39, 0.29) is 25.0 Å². The van der Waals surface area contributed by atoms with Crippen molar-refractivity contribution >= 4 is 17.9 Å². The van der Waals surface area contributed by atoms with Gasteiger partial charge in [0.15, 0.2) is 0 Å². The number of aliphatic carboxylic acids is 1. The number of nitrogens with one attached hydrogen (secondary N) is 1. The molecule has 1 rings (SSSR count). The molecule has 0 aliphatic carbocycles. The van der Waals surface area contributed by atoms with Gasteiger partial charge in [0.05, 0.1) is 5.41 Å². The van der Waals surface area contributed by atoms with Crippen molar-refractivity contribution in [1.82, 2.24) is 15.1 Å². The number of likely N-dealkylation sites (tertiary alicyclic amines) is 1. The van der Waals surface area contributed by atoms with E-state index in [4.69, 9.17) is 0 Å². The highest BCUT2D eigenvalue weighted by molar-refractivity contribution is 5.84. The van der Waals surface area contributed by atoms with Crippen molar-refractivity contribution in [3.05, 3.63) is 0 Å². The molecule has 0 aromatic carbocycles. The highest BCUT2D eigenvalue weighted by Crippen LogP contribution is 2.30. The Morgan fingerprint density at radius 1 is 1.40 bits per heavy atom. The first kappa shape index (κ1) is 16.3. The molecular weight excluding hydrogens is 262 g/mol. The summed E-state index contributed by atoms with van der Waals surface area (Å²) in [5, 5.41) is 11.7. The van der Waals surface area contributed by atoms with Crippen molar-refractivity contribution in [3.8, 4) is 0 Å². The van der Waals surface area contributed by atoms with E-state index >= 15 is 0 Å². The maximum atomic E-state index is 12.4. The first-order valence-corrected chi connectivity index (χ1v) is 6.82. The summed E-state index contributed by atoms with van der Waals surface area (Å²) in [6, 6.07) is -0.275. The van der Waals surface area contributed by atoms with Crippen LogP contribution in [0.5, 0.6) is 0 Å². The Morgan fingerprint density at radius 3 is 2.55 bits per heavy atom. The third-order valence-corrected chi connectivity index (χ3v) is 3.75. The monoisotopic (exact) mass is 285 g/mol. The Morgan fingerprint density at radius 2 is 2.05 bits per heavy atom. The summed E-state index contributed by atoms with van der Waals surface area (Å²) in [6.07, 6.45) is 1.22. The van der Waals surface area contributed by atoms with E-state index in [1.165, 1.54) is 16.8 Å². The van der Waals surface area contributed by atoms with Gasteiger partial charge in [-0.05, 0) is 26.7 Å². The molecule has 0 aromatic heterocycles. The van der Waals surface area contributed by atoms with E-state index in [9.17, 15) is 19.5 Å².